The number of nitrogens with one attached hydrogen (secondary N) is 1. The lowest BCUT2D eigenvalue weighted by molar-refractivity contribution is 0.612. The van der Waals surface area contributed by atoms with Crippen LogP contribution in [0.1, 0.15) is 48.4 Å². The lowest BCUT2D eigenvalue weighted by atomic mass is 10.1. The zero-order valence-corrected chi connectivity index (χ0v) is 10.4. The highest BCUT2D eigenvalue weighted by Crippen LogP contribution is 2.36. The van der Waals surface area contributed by atoms with Crippen molar-refractivity contribution >= 4 is 11.3 Å². The van der Waals surface area contributed by atoms with E-state index < -0.39 is 0 Å². The minimum Gasteiger partial charge on any atom is -0.317 e. The maximum Gasteiger partial charge on any atom is 0.0958 e. The molecule has 1 aromatic heterocycles. The van der Waals surface area contributed by atoms with Crippen molar-refractivity contribution in [2.75, 3.05) is 7.05 Å². The Bertz CT molecular complexity index is 302. The molecule has 1 fully saturated rings. The Labute approximate surface area is 96.1 Å². The molecule has 1 aliphatic rings. The van der Waals surface area contributed by atoms with E-state index in [1.54, 1.807) is 0 Å². The highest BCUT2D eigenvalue weighted by atomic mass is 32.1. The highest BCUT2D eigenvalue weighted by molar-refractivity contribution is 7.11. The fourth-order valence-corrected chi connectivity index (χ4v) is 3.40. The summed E-state index contributed by atoms with van der Waals surface area (Å²) in [7, 11) is 2.02. The molecule has 2 rings (SSSR count). The molecule has 2 nitrogen and oxygen atoms in total. The molecule has 3 heteroatoms. The van der Waals surface area contributed by atoms with Gasteiger partial charge in [0.05, 0.1) is 5.01 Å². The molecule has 0 saturated heterocycles. The summed E-state index contributed by atoms with van der Waals surface area (Å²) in [5.41, 5.74) is 0. The first-order valence-corrected chi connectivity index (χ1v) is 6.73. The van der Waals surface area contributed by atoms with E-state index in [-0.39, 0.29) is 0 Å². The molecule has 0 radical (unpaired) electrons. The van der Waals surface area contributed by atoms with Gasteiger partial charge in [-0.25, -0.2) is 4.98 Å². The standard InChI is InChI=1S/C12H20N2S/c1-9(13-2)7-11-8-14-12(15-11)10-5-3-4-6-10/h8-10,13H,3-7H2,1-2H3. The number of hydrogen-bond donors (Lipinski definition) is 1. The fourth-order valence-electron chi connectivity index (χ4n) is 2.18. The molecule has 0 spiro atoms. The number of likely N-dealkylation sites (N-methyl/N-ethyl adjacent to an activating group) is 1. The van der Waals surface area contributed by atoms with Crippen molar-refractivity contribution in [3.63, 3.8) is 0 Å². The molecule has 0 amide bonds. The van der Waals surface area contributed by atoms with Crippen molar-refractivity contribution in [1.29, 1.82) is 0 Å². The van der Waals surface area contributed by atoms with Gasteiger partial charge in [0, 0.05) is 23.0 Å². The smallest absolute Gasteiger partial charge is 0.0958 e. The zero-order chi connectivity index (χ0) is 10.7. The Kier molecular flexibility index (Phi) is 3.76. The van der Waals surface area contributed by atoms with Crippen LogP contribution in [0.25, 0.3) is 0 Å². The molecule has 0 aromatic carbocycles. The first-order chi connectivity index (χ1) is 7.29. The predicted octanol–water partition coefficient (Wildman–Crippen LogP) is 2.95. The van der Waals surface area contributed by atoms with E-state index in [1.807, 2.05) is 18.4 Å². The van der Waals surface area contributed by atoms with Crippen molar-refractivity contribution < 1.29 is 0 Å². The van der Waals surface area contributed by atoms with Crippen LogP contribution >= 0.6 is 11.3 Å². The normalized spacial score (nSPS) is 19.6. The van der Waals surface area contributed by atoms with Crippen LogP contribution in [0.2, 0.25) is 0 Å². The van der Waals surface area contributed by atoms with Gasteiger partial charge >= 0.3 is 0 Å². The van der Waals surface area contributed by atoms with Crippen molar-refractivity contribution in [1.82, 2.24) is 10.3 Å². The van der Waals surface area contributed by atoms with E-state index in [9.17, 15) is 0 Å². The maximum atomic E-state index is 4.58. The van der Waals surface area contributed by atoms with Crippen LogP contribution in [0.3, 0.4) is 0 Å². The molecule has 1 atom stereocenters. The van der Waals surface area contributed by atoms with Crippen LogP contribution in [0.4, 0.5) is 0 Å². The van der Waals surface area contributed by atoms with Gasteiger partial charge in [0.2, 0.25) is 0 Å². The highest BCUT2D eigenvalue weighted by Gasteiger charge is 2.20. The molecule has 0 aliphatic heterocycles. The van der Waals surface area contributed by atoms with E-state index >= 15 is 0 Å². The molecule has 1 heterocycles. The monoisotopic (exact) mass is 224 g/mol. The molecular weight excluding hydrogens is 204 g/mol. The zero-order valence-electron chi connectivity index (χ0n) is 9.62. The lowest BCUT2D eigenvalue weighted by Gasteiger charge is -2.07. The summed E-state index contributed by atoms with van der Waals surface area (Å²) in [6, 6.07) is 0.557. The molecular formula is C12H20N2S. The van der Waals surface area contributed by atoms with Gasteiger partial charge in [-0.1, -0.05) is 12.8 Å². The summed E-state index contributed by atoms with van der Waals surface area (Å²) in [5.74, 6) is 0.772. The summed E-state index contributed by atoms with van der Waals surface area (Å²) in [6.45, 7) is 2.22. The summed E-state index contributed by atoms with van der Waals surface area (Å²) < 4.78 is 0. The summed E-state index contributed by atoms with van der Waals surface area (Å²) in [6.07, 6.45) is 8.69. The van der Waals surface area contributed by atoms with E-state index in [2.05, 4.69) is 23.4 Å². The van der Waals surface area contributed by atoms with Crippen LogP contribution in [0.5, 0.6) is 0 Å². The van der Waals surface area contributed by atoms with Crippen molar-refractivity contribution in [2.45, 2.75) is 51.0 Å². The third-order valence-electron chi connectivity index (χ3n) is 3.28. The number of rotatable bonds is 4. The third-order valence-corrected chi connectivity index (χ3v) is 4.46. The number of hydrogen-bond acceptors (Lipinski definition) is 3. The second kappa shape index (κ2) is 5.08. The molecule has 1 aromatic rings. The van der Waals surface area contributed by atoms with Gasteiger partial charge in [0.25, 0.3) is 0 Å². The molecule has 1 aliphatic carbocycles. The number of aromatic nitrogens is 1. The minimum atomic E-state index is 0.557. The van der Waals surface area contributed by atoms with Gasteiger partial charge in [-0.2, -0.15) is 0 Å². The lowest BCUT2D eigenvalue weighted by Crippen LogP contribution is -2.22. The Morgan fingerprint density at radius 1 is 1.53 bits per heavy atom. The van der Waals surface area contributed by atoms with Gasteiger partial charge in [-0.15, -0.1) is 11.3 Å². The largest absolute Gasteiger partial charge is 0.317 e. The Morgan fingerprint density at radius 3 is 2.93 bits per heavy atom. The van der Waals surface area contributed by atoms with Crippen LogP contribution in [-0.2, 0) is 6.42 Å². The Balaban J connectivity index is 1.97. The van der Waals surface area contributed by atoms with E-state index in [1.165, 1.54) is 35.6 Å². The van der Waals surface area contributed by atoms with Crippen LogP contribution < -0.4 is 5.32 Å². The minimum absolute atomic E-state index is 0.557. The summed E-state index contributed by atoms with van der Waals surface area (Å²) in [4.78, 5) is 6.01. The second-order valence-electron chi connectivity index (χ2n) is 4.54. The maximum absolute atomic E-state index is 4.58. The van der Waals surface area contributed by atoms with Gasteiger partial charge in [0.1, 0.15) is 0 Å². The fraction of sp³-hybridized carbons (Fsp3) is 0.750. The van der Waals surface area contributed by atoms with Gasteiger partial charge in [-0.3, -0.25) is 0 Å². The van der Waals surface area contributed by atoms with Gasteiger partial charge in [-0.05, 0) is 33.2 Å². The Morgan fingerprint density at radius 2 is 2.27 bits per heavy atom. The molecule has 15 heavy (non-hydrogen) atoms. The van der Waals surface area contributed by atoms with Gasteiger partial charge < -0.3 is 5.32 Å². The van der Waals surface area contributed by atoms with E-state index in [0.717, 1.165) is 12.3 Å². The van der Waals surface area contributed by atoms with Crippen molar-refractivity contribution in [3.05, 3.63) is 16.1 Å². The first-order valence-electron chi connectivity index (χ1n) is 5.91. The predicted molar refractivity (Wildman–Crippen MR) is 65.5 cm³/mol. The Hall–Kier alpha value is -0.410. The van der Waals surface area contributed by atoms with Crippen LogP contribution in [0, 0.1) is 0 Å². The quantitative estimate of drug-likeness (QED) is 0.850. The molecule has 84 valence electrons. The van der Waals surface area contributed by atoms with Crippen LogP contribution in [-0.4, -0.2) is 18.1 Å². The second-order valence-corrected chi connectivity index (χ2v) is 5.69. The first kappa shape index (κ1) is 11.1. The van der Waals surface area contributed by atoms with E-state index in [0.29, 0.717) is 6.04 Å². The van der Waals surface area contributed by atoms with Crippen molar-refractivity contribution in [2.24, 2.45) is 0 Å². The molecule has 0 bridgehead atoms. The summed E-state index contributed by atoms with van der Waals surface area (Å²) >= 11 is 1.92. The third kappa shape index (κ3) is 2.79. The van der Waals surface area contributed by atoms with Crippen LogP contribution in [0.15, 0.2) is 6.20 Å². The molecule has 1 saturated carbocycles. The number of nitrogens with zero attached hydrogens (tertiary/aromatic N) is 1. The molecule has 1 N–H and O–H groups in total. The SMILES string of the molecule is CNC(C)Cc1cnc(C2CCCC2)s1. The average Bonchev–Trinajstić information content (AvgIpc) is 2.85. The van der Waals surface area contributed by atoms with Crippen molar-refractivity contribution in [3.8, 4) is 0 Å². The molecule has 1 unspecified atom stereocenters. The summed E-state index contributed by atoms with van der Waals surface area (Å²) in [5, 5.41) is 4.65. The average molecular weight is 224 g/mol. The number of thiazole rings is 1. The topological polar surface area (TPSA) is 24.9 Å². The van der Waals surface area contributed by atoms with Gasteiger partial charge in [0.15, 0.2) is 0 Å². The van der Waals surface area contributed by atoms with E-state index in [4.69, 9.17) is 0 Å².